The van der Waals surface area contributed by atoms with Gasteiger partial charge in [-0.25, -0.2) is 19.2 Å². The molecule has 0 saturated carbocycles. The topological polar surface area (TPSA) is 105 Å². The van der Waals surface area contributed by atoms with E-state index in [2.05, 4.69) is 27.7 Å². The van der Waals surface area contributed by atoms with E-state index in [1.54, 1.807) is 24.3 Å². The molecule has 0 fully saturated rings. The predicted molar refractivity (Wildman–Crippen MR) is 273 cm³/mol. The van der Waals surface area contributed by atoms with Crippen LogP contribution in [-0.2, 0) is 25.4 Å². The molecule has 0 aromatic heterocycles. The third-order valence-electron chi connectivity index (χ3n) is 12.8. The molecule has 0 unspecified atom stereocenters. The Bertz CT molecular complexity index is 1600. The summed E-state index contributed by atoms with van der Waals surface area (Å²) in [7, 11) is 0. The number of unbranched alkanes of at least 4 members (excludes halogenated alkanes) is 28. The summed E-state index contributed by atoms with van der Waals surface area (Å²) >= 11 is 0. The summed E-state index contributed by atoms with van der Waals surface area (Å²) in [5, 5.41) is 0. The van der Waals surface area contributed by atoms with Gasteiger partial charge in [-0.1, -0.05) is 227 Å². The number of ether oxygens (including phenoxy) is 4. The number of esters is 4. The van der Waals surface area contributed by atoms with Crippen LogP contribution < -0.4 is 0 Å². The monoisotopic (exact) mass is 919 g/mol. The van der Waals surface area contributed by atoms with Gasteiger partial charge in [-0.2, -0.15) is 0 Å². The van der Waals surface area contributed by atoms with E-state index in [1.807, 2.05) is 13.0 Å². The van der Waals surface area contributed by atoms with E-state index in [4.69, 9.17) is 18.9 Å². The van der Waals surface area contributed by atoms with Crippen LogP contribution in [0, 0.1) is 0 Å². The minimum Gasteiger partial charge on any atom is -0.462 e. The first-order chi connectivity index (χ1) is 32.3. The van der Waals surface area contributed by atoms with Crippen LogP contribution in [0.5, 0.6) is 0 Å². The Labute approximate surface area is 402 Å². The molecule has 0 aliphatic rings. The van der Waals surface area contributed by atoms with Gasteiger partial charge in [0.2, 0.25) is 0 Å². The smallest absolute Gasteiger partial charge is 0.339 e. The van der Waals surface area contributed by atoms with E-state index >= 15 is 0 Å². The van der Waals surface area contributed by atoms with E-state index in [0.717, 1.165) is 77.0 Å². The standard InChI is InChI=1S/C58H94O8/c1-6-11-15-19-23-27-31-35-43-63-55(59)51-40-39-48(47-53(51)57(61)65-45-37-33-29-25-21-17-13-8-3)50-41-42-52(56(60)64-44-36-32-28-24-20-16-12-7-2)54(49(50)10-5)58(62)66-46-38-34-30-26-22-18-14-9-4/h39-42,47H,6-38,43-46H2,1-5H3. The average Bonchev–Trinajstić information content (AvgIpc) is 3.33. The fourth-order valence-electron chi connectivity index (χ4n) is 8.66. The second kappa shape index (κ2) is 39.3. The van der Waals surface area contributed by atoms with E-state index in [-0.39, 0.29) is 48.7 Å². The van der Waals surface area contributed by atoms with E-state index in [1.165, 1.54) is 128 Å². The maximum atomic E-state index is 14.1. The minimum absolute atomic E-state index is 0.128. The van der Waals surface area contributed by atoms with Crippen molar-refractivity contribution in [3.63, 3.8) is 0 Å². The lowest BCUT2D eigenvalue weighted by Gasteiger charge is -2.18. The second-order valence-corrected chi connectivity index (χ2v) is 18.6. The van der Waals surface area contributed by atoms with Crippen molar-refractivity contribution in [3.05, 3.63) is 58.1 Å². The van der Waals surface area contributed by atoms with Crippen molar-refractivity contribution in [1.82, 2.24) is 0 Å². The Morgan fingerprint density at radius 2 is 0.636 bits per heavy atom. The molecule has 66 heavy (non-hydrogen) atoms. The highest BCUT2D eigenvalue weighted by Gasteiger charge is 2.27. The van der Waals surface area contributed by atoms with Crippen LogP contribution in [0.1, 0.15) is 287 Å². The van der Waals surface area contributed by atoms with Gasteiger partial charge < -0.3 is 18.9 Å². The first-order valence-electron chi connectivity index (χ1n) is 27.3. The third kappa shape index (κ3) is 24.9. The zero-order chi connectivity index (χ0) is 47.9. The number of carbonyl (C=O) groups is 4. The lowest BCUT2D eigenvalue weighted by Crippen LogP contribution is -2.18. The summed E-state index contributed by atoms with van der Waals surface area (Å²) in [6.07, 6.45) is 36.4. The van der Waals surface area contributed by atoms with E-state index in [0.29, 0.717) is 23.1 Å². The van der Waals surface area contributed by atoms with Crippen molar-refractivity contribution in [2.45, 2.75) is 247 Å². The predicted octanol–water partition coefficient (Wildman–Crippen LogP) is 17.1. The van der Waals surface area contributed by atoms with Crippen LogP contribution in [0.25, 0.3) is 11.1 Å². The van der Waals surface area contributed by atoms with Gasteiger partial charge in [-0.15, -0.1) is 0 Å². The molecule has 0 spiro atoms. The molecule has 0 radical (unpaired) electrons. The molecule has 374 valence electrons. The molecular weight excluding hydrogens is 825 g/mol. The maximum Gasteiger partial charge on any atom is 0.339 e. The number of rotatable bonds is 42. The van der Waals surface area contributed by atoms with Gasteiger partial charge in [0.15, 0.2) is 0 Å². The van der Waals surface area contributed by atoms with Crippen molar-refractivity contribution < 1.29 is 38.1 Å². The number of benzene rings is 2. The van der Waals surface area contributed by atoms with Crippen LogP contribution in [0.15, 0.2) is 30.3 Å². The van der Waals surface area contributed by atoms with Crippen LogP contribution >= 0.6 is 0 Å². The Balaban J connectivity index is 2.36. The summed E-state index contributed by atoms with van der Waals surface area (Å²) in [5.74, 6) is -2.23. The zero-order valence-corrected chi connectivity index (χ0v) is 42.8. The Hall–Kier alpha value is -3.68. The van der Waals surface area contributed by atoms with Crippen LogP contribution in [-0.4, -0.2) is 50.3 Å². The van der Waals surface area contributed by atoms with Crippen molar-refractivity contribution in [3.8, 4) is 11.1 Å². The SMILES string of the molecule is CCCCCCCCCCOC(=O)c1ccc(-c2ccc(C(=O)OCCCCCCCCCC)c(C(=O)OCCCCCCCCCC)c2CC)cc1C(=O)OCCCCCCCCCC. The maximum absolute atomic E-state index is 14.1. The molecule has 0 saturated heterocycles. The molecule has 0 heterocycles. The highest BCUT2D eigenvalue weighted by Crippen LogP contribution is 2.33. The summed E-state index contributed by atoms with van der Waals surface area (Å²) in [6.45, 7) is 11.9. The molecule has 0 atom stereocenters. The van der Waals surface area contributed by atoms with E-state index < -0.39 is 23.9 Å². The van der Waals surface area contributed by atoms with Gasteiger partial charge in [0.25, 0.3) is 0 Å². The molecule has 2 aromatic carbocycles. The Morgan fingerprint density at radius 3 is 1.00 bits per heavy atom. The molecular formula is C58H94O8. The molecule has 8 heteroatoms. The molecule has 8 nitrogen and oxygen atoms in total. The van der Waals surface area contributed by atoms with Crippen LogP contribution in [0.2, 0.25) is 0 Å². The summed E-state index contributed by atoms with van der Waals surface area (Å²) in [4.78, 5) is 55.4. The second-order valence-electron chi connectivity index (χ2n) is 18.6. The molecule has 0 bridgehead atoms. The van der Waals surface area contributed by atoms with Gasteiger partial charge in [0, 0.05) is 0 Å². The highest BCUT2D eigenvalue weighted by molar-refractivity contribution is 6.07. The Kier molecular flexibility index (Phi) is 34.8. The quantitative estimate of drug-likeness (QED) is 0.0368. The fourth-order valence-corrected chi connectivity index (χ4v) is 8.66. The van der Waals surface area contributed by atoms with Crippen molar-refractivity contribution in [2.75, 3.05) is 26.4 Å². The summed E-state index contributed by atoms with van der Waals surface area (Å²) in [6, 6.07) is 8.54. The van der Waals surface area contributed by atoms with Gasteiger partial charge >= 0.3 is 23.9 Å². The molecule has 2 aromatic rings. The van der Waals surface area contributed by atoms with Gasteiger partial charge in [-0.3, -0.25) is 0 Å². The summed E-state index contributed by atoms with van der Waals surface area (Å²) in [5.41, 5.74) is 2.59. The normalized spacial score (nSPS) is 11.2. The number of hydrogen-bond acceptors (Lipinski definition) is 8. The van der Waals surface area contributed by atoms with Gasteiger partial charge in [0.1, 0.15) is 0 Å². The first kappa shape index (κ1) is 58.4. The molecule has 0 N–H and O–H groups in total. The fraction of sp³-hybridized carbons (Fsp3) is 0.724. The minimum atomic E-state index is -0.581. The van der Waals surface area contributed by atoms with Crippen molar-refractivity contribution in [1.29, 1.82) is 0 Å². The molecule has 0 aliphatic carbocycles. The molecule has 2 rings (SSSR count). The summed E-state index contributed by atoms with van der Waals surface area (Å²) < 4.78 is 23.3. The zero-order valence-electron chi connectivity index (χ0n) is 42.8. The van der Waals surface area contributed by atoms with Gasteiger partial charge in [-0.05, 0) is 67.0 Å². The van der Waals surface area contributed by atoms with Crippen LogP contribution in [0.3, 0.4) is 0 Å². The Morgan fingerprint density at radius 1 is 0.333 bits per heavy atom. The molecule has 0 aliphatic heterocycles. The first-order valence-corrected chi connectivity index (χ1v) is 27.3. The average molecular weight is 919 g/mol. The van der Waals surface area contributed by atoms with Crippen LogP contribution in [0.4, 0.5) is 0 Å². The van der Waals surface area contributed by atoms with Crippen molar-refractivity contribution in [2.24, 2.45) is 0 Å². The van der Waals surface area contributed by atoms with E-state index in [9.17, 15) is 19.2 Å². The highest BCUT2D eigenvalue weighted by atomic mass is 16.5. The van der Waals surface area contributed by atoms with Gasteiger partial charge in [0.05, 0.1) is 48.7 Å². The lowest BCUT2D eigenvalue weighted by molar-refractivity contribution is 0.0449. The van der Waals surface area contributed by atoms with Crippen molar-refractivity contribution >= 4 is 23.9 Å². The third-order valence-corrected chi connectivity index (χ3v) is 12.8. The number of hydrogen-bond donors (Lipinski definition) is 0. The lowest BCUT2D eigenvalue weighted by atomic mass is 9.89. The number of carbonyl (C=O) groups excluding carboxylic acids is 4. The molecule has 0 amide bonds. The largest absolute Gasteiger partial charge is 0.462 e.